The van der Waals surface area contributed by atoms with E-state index in [0.717, 1.165) is 30.6 Å². The summed E-state index contributed by atoms with van der Waals surface area (Å²) in [6.45, 7) is 5.57. The van der Waals surface area contributed by atoms with Gasteiger partial charge < -0.3 is 9.84 Å². The maximum Gasteiger partial charge on any atom is 0.307 e. The SMILES string of the molecule is CCC(CC)COCc1ccccc1CC(=O)O. The quantitative estimate of drug-likeness (QED) is 0.770. The van der Waals surface area contributed by atoms with Gasteiger partial charge in [-0.2, -0.15) is 0 Å². The summed E-state index contributed by atoms with van der Waals surface area (Å²) in [6.07, 6.45) is 2.30. The Morgan fingerprint density at radius 2 is 1.83 bits per heavy atom. The number of hydrogen-bond donors (Lipinski definition) is 1. The third-order valence-corrected chi connectivity index (χ3v) is 3.23. The van der Waals surface area contributed by atoms with Crippen LogP contribution in [0.25, 0.3) is 0 Å². The molecule has 0 bridgehead atoms. The molecule has 0 atom stereocenters. The highest BCUT2D eigenvalue weighted by molar-refractivity contribution is 5.70. The van der Waals surface area contributed by atoms with E-state index in [2.05, 4.69) is 13.8 Å². The van der Waals surface area contributed by atoms with Crippen molar-refractivity contribution in [1.29, 1.82) is 0 Å². The lowest BCUT2D eigenvalue weighted by molar-refractivity contribution is -0.136. The summed E-state index contributed by atoms with van der Waals surface area (Å²) in [7, 11) is 0. The Morgan fingerprint density at radius 3 is 2.39 bits per heavy atom. The summed E-state index contributed by atoms with van der Waals surface area (Å²) < 4.78 is 5.69. The molecular weight excluding hydrogens is 228 g/mol. The van der Waals surface area contributed by atoms with Crippen LogP contribution in [0.3, 0.4) is 0 Å². The molecule has 1 aromatic carbocycles. The fraction of sp³-hybridized carbons (Fsp3) is 0.533. The van der Waals surface area contributed by atoms with Crippen molar-refractivity contribution in [3.05, 3.63) is 35.4 Å². The second-order valence-corrected chi connectivity index (χ2v) is 4.54. The van der Waals surface area contributed by atoms with Crippen molar-refractivity contribution < 1.29 is 14.6 Å². The zero-order valence-electron chi connectivity index (χ0n) is 11.2. The molecule has 0 radical (unpaired) electrons. The maximum atomic E-state index is 10.8. The van der Waals surface area contributed by atoms with E-state index in [4.69, 9.17) is 9.84 Å². The number of carbonyl (C=O) groups is 1. The molecule has 3 nitrogen and oxygen atoms in total. The fourth-order valence-corrected chi connectivity index (χ4v) is 1.89. The monoisotopic (exact) mass is 250 g/mol. The minimum Gasteiger partial charge on any atom is -0.481 e. The molecule has 0 saturated heterocycles. The second kappa shape index (κ2) is 7.88. The second-order valence-electron chi connectivity index (χ2n) is 4.54. The highest BCUT2D eigenvalue weighted by Crippen LogP contribution is 2.13. The smallest absolute Gasteiger partial charge is 0.307 e. The first-order chi connectivity index (χ1) is 8.67. The molecule has 1 rings (SSSR count). The van der Waals surface area contributed by atoms with Gasteiger partial charge in [-0.15, -0.1) is 0 Å². The number of aliphatic carboxylic acids is 1. The standard InChI is InChI=1S/C15H22O3/c1-3-12(4-2)10-18-11-14-8-6-5-7-13(14)9-15(16)17/h5-8,12H,3-4,9-11H2,1-2H3,(H,16,17). The Balaban J connectivity index is 2.53. The average Bonchev–Trinajstić information content (AvgIpc) is 2.36. The van der Waals surface area contributed by atoms with Crippen LogP contribution in [-0.2, 0) is 22.6 Å². The number of benzene rings is 1. The van der Waals surface area contributed by atoms with Gasteiger partial charge in [-0.05, 0) is 17.0 Å². The molecule has 0 unspecified atom stereocenters. The summed E-state index contributed by atoms with van der Waals surface area (Å²) in [5.74, 6) is -0.209. The topological polar surface area (TPSA) is 46.5 Å². The number of rotatable bonds is 8. The molecule has 0 aliphatic heterocycles. The largest absolute Gasteiger partial charge is 0.481 e. The number of ether oxygens (including phenoxy) is 1. The number of carboxylic acid groups (broad SMARTS) is 1. The number of carboxylic acids is 1. The van der Waals surface area contributed by atoms with Gasteiger partial charge in [0.2, 0.25) is 0 Å². The zero-order chi connectivity index (χ0) is 13.4. The summed E-state index contributed by atoms with van der Waals surface area (Å²) in [5.41, 5.74) is 1.82. The molecule has 0 aliphatic carbocycles. The average molecular weight is 250 g/mol. The molecule has 3 heteroatoms. The van der Waals surface area contributed by atoms with Crippen LogP contribution in [0.4, 0.5) is 0 Å². The molecule has 0 amide bonds. The molecule has 18 heavy (non-hydrogen) atoms. The van der Waals surface area contributed by atoms with Gasteiger partial charge in [0.05, 0.1) is 13.0 Å². The van der Waals surface area contributed by atoms with E-state index in [1.807, 2.05) is 24.3 Å². The van der Waals surface area contributed by atoms with E-state index in [1.54, 1.807) is 0 Å². The first kappa shape index (κ1) is 14.7. The molecule has 1 N–H and O–H groups in total. The lowest BCUT2D eigenvalue weighted by atomic mass is 10.0. The Bertz CT molecular complexity index is 370. The summed E-state index contributed by atoms with van der Waals surface area (Å²) in [4.78, 5) is 10.8. The van der Waals surface area contributed by atoms with Crippen molar-refractivity contribution in [1.82, 2.24) is 0 Å². The molecule has 0 aromatic heterocycles. The molecule has 0 heterocycles. The van der Waals surface area contributed by atoms with Crippen molar-refractivity contribution in [3.8, 4) is 0 Å². The first-order valence-electron chi connectivity index (χ1n) is 6.53. The third-order valence-electron chi connectivity index (χ3n) is 3.23. The van der Waals surface area contributed by atoms with Crippen LogP contribution in [0.2, 0.25) is 0 Å². The van der Waals surface area contributed by atoms with Crippen LogP contribution in [0.5, 0.6) is 0 Å². The van der Waals surface area contributed by atoms with Crippen molar-refractivity contribution in [2.45, 2.75) is 39.7 Å². The van der Waals surface area contributed by atoms with Crippen LogP contribution >= 0.6 is 0 Å². The van der Waals surface area contributed by atoms with Gasteiger partial charge in [-0.1, -0.05) is 51.0 Å². The first-order valence-corrected chi connectivity index (χ1v) is 6.53. The van der Waals surface area contributed by atoms with Crippen molar-refractivity contribution >= 4 is 5.97 Å². The van der Waals surface area contributed by atoms with Crippen LogP contribution in [0.1, 0.15) is 37.8 Å². The Hall–Kier alpha value is -1.35. The molecular formula is C15H22O3. The van der Waals surface area contributed by atoms with Gasteiger partial charge in [0.15, 0.2) is 0 Å². The Morgan fingerprint density at radius 1 is 1.22 bits per heavy atom. The van der Waals surface area contributed by atoms with Crippen molar-refractivity contribution in [2.24, 2.45) is 5.92 Å². The van der Waals surface area contributed by atoms with Gasteiger partial charge in [0, 0.05) is 6.61 Å². The zero-order valence-corrected chi connectivity index (χ0v) is 11.2. The van der Waals surface area contributed by atoms with E-state index >= 15 is 0 Å². The van der Waals surface area contributed by atoms with Gasteiger partial charge in [-0.3, -0.25) is 4.79 Å². The lowest BCUT2D eigenvalue weighted by Crippen LogP contribution is -2.09. The van der Waals surface area contributed by atoms with Crippen LogP contribution in [-0.4, -0.2) is 17.7 Å². The molecule has 100 valence electrons. The molecule has 0 spiro atoms. The minimum absolute atomic E-state index is 0.0600. The Kier molecular flexibility index (Phi) is 6.44. The van der Waals surface area contributed by atoms with Crippen molar-refractivity contribution in [3.63, 3.8) is 0 Å². The predicted octanol–water partition coefficient (Wildman–Crippen LogP) is 3.27. The molecule has 1 aromatic rings. The fourth-order valence-electron chi connectivity index (χ4n) is 1.89. The van der Waals surface area contributed by atoms with Crippen molar-refractivity contribution in [2.75, 3.05) is 6.61 Å². The maximum absolute atomic E-state index is 10.8. The Labute approximate surface area is 109 Å². The summed E-state index contributed by atoms with van der Waals surface area (Å²) in [5, 5.41) is 8.84. The molecule has 0 aliphatic rings. The molecule has 0 fully saturated rings. The highest BCUT2D eigenvalue weighted by Gasteiger charge is 2.08. The van der Waals surface area contributed by atoms with Gasteiger partial charge in [-0.25, -0.2) is 0 Å². The summed E-state index contributed by atoms with van der Waals surface area (Å²) >= 11 is 0. The third kappa shape index (κ3) is 4.88. The van der Waals surface area contributed by atoms with Gasteiger partial charge in [0.1, 0.15) is 0 Å². The normalized spacial score (nSPS) is 10.8. The lowest BCUT2D eigenvalue weighted by Gasteiger charge is -2.14. The van der Waals surface area contributed by atoms with Gasteiger partial charge in [0.25, 0.3) is 0 Å². The van der Waals surface area contributed by atoms with E-state index in [0.29, 0.717) is 12.5 Å². The summed E-state index contributed by atoms with van der Waals surface area (Å²) in [6, 6.07) is 7.57. The van der Waals surface area contributed by atoms with E-state index in [-0.39, 0.29) is 6.42 Å². The highest BCUT2D eigenvalue weighted by atomic mass is 16.5. The van der Waals surface area contributed by atoms with E-state index in [9.17, 15) is 4.79 Å². The van der Waals surface area contributed by atoms with E-state index < -0.39 is 5.97 Å². The minimum atomic E-state index is -0.803. The van der Waals surface area contributed by atoms with Crippen LogP contribution < -0.4 is 0 Å². The predicted molar refractivity (Wildman–Crippen MR) is 71.5 cm³/mol. The van der Waals surface area contributed by atoms with Crippen LogP contribution in [0, 0.1) is 5.92 Å². The molecule has 0 saturated carbocycles. The number of hydrogen-bond acceptors (Lipinski definition) is 2. The van der Waals surface area contributed by atoms with Crippen LogP contribution in [0.15, 0.2) is 24.3 Å². The van der Waals surface area contributed by atoms with E-state index in [1.165, 1.54) is 0 Å². The van der Waals surface area contributed by atoms with Gasteiger partial charge >= 0.3 is 5.97 Å².